The van der Waals surface area contributed by atoms with Crippen molar-refractivity contribution in [2.24, 2.45) is 0 Å². The fourth-order valence-corrected chi connectivity index (χ4v) is 7.61. The molecular weight excluding hydrogens is 556 g/mol. The monoisotopic (exact) mass is 596 g/mol. The lowest BCUT2D eigenvalue weighted by Crippen LogP contribution is -2.29. The fraction of sp³-hybridized carbons (Fsp3) is 0.200. The zero-order valence-corrected chi connectivity index (χ0v) is 27.6. The van der Waals surface area contributed by atoms with Gasteiger partial charge in [0.05, 0.1) is 5.41 Å². The summed E-state index contributed by atoms with van der Waals surface area (Å²) < 4.78 is 6.44. The summed E-state index contributed by atoms with van der Waals surface area (Å²) in [5, 5.41) is 2.31. The van der Waals surface area contributed by atoms with Crippen molar-refractivity contribution in [1.29, 1.82) is 0 Å². The molecule has 0 saturated heterocycles. The summed E-state index contributed by atoms with van der Waals surface area (Å²) in [6.45, 7) is 13.9. The largest absolute Gasteiger partial charge is 0.455 e. The summed E-state index contributed by atoms with van der Waals surface area (Å²) in [6, 6.07) is 49.6. The molecule has 1 aromatic heterocycles. The lowest BCUT2D eigenvalue weighted by atomic mass is 9.66. The molecule has 0 atom stereocenters. The highest BCUT2D eigenvalue weighted by Gasteiger charge is 2.47. The van der Waals surface area contributed by atoms with Crippen molar-refractivity contribution >= 4 is 21.9 Å². The number of furan rings is 1. The topological polar surface area (TPSA) is 13.1 Å². The van der Waals surface area contributed by atoms with Crippen LogP contribution < -0.4 is 0 Å². The minimum absolute atomic E-state index is 0.0257. The van der Waals surface area contributed by atoms with E-state index < -0.39 is 5.41 Å². The van der Waals surface area contributed by atoms with Gasteiger partial charge < -0.3 is 4.42 Å². The number of fused-ring (bicyclic) bond motifs is 6. The van der Waals surface area contributed by atoms with E-state index in [0.29, 0.717) is 0 Å². The van der Waals surface area contributed by atoms with Crippen molar-refractivity contribution in [3.63, 3.8) is 0 Å². The summed E-state index contributed by atoms with van der Waals surface area (Å²) in [4.78, 5) is 0. The SMILES string of the molecule is CC(C)(C)c1ccc2c(c1)C(c1ccccc1)(c1ccc(-c3cccc4c3oc3ccccc34)cc1)c1cc(C(C)(C)C)ccc1-2. The van der Waals surface area contributed by atoms with E-state index >= 15 is 0 Å². The van der Waals surface area contributed by atoms with Crippen molar-refractivity contribution in [1.82, 2.24) is 0 Å². The zero-order chi connectivity index (χ0) is 31.8. The van der Waals surface area contributed by atoms with E-state index in [-0.39, 0.29) is 10.8 Å². The highest BCUT2D eigenvalue weighted by atomic mass is 16.3. The van der Waals surface area contributed by atoms with Crippen molar-refractivity contribution in [3.8, 4) is 22.3 Å². The van der Waals surface area contributed by atoms with Crippen LogP contribution in [0.25, 0.3) is 44.2 Å². The Labute approximate surface area is 272 Å². The molecule has 1 nitrogen and oxygen atoms in total. The molecule has 1 heteroatoms. The van der Waals surface area contributed by atoms with Gasteiger partial charge in [0.15, 0.2) is 0 Å². The molecular formula is C45H40O. The third-order valence-electron chi connectivity index (χ3n) is 10.1. The average molecular weight is 597 g/mol. The normalized spacial score (nSPS) is 14.0. The van der Waals surface area contributed by atoms with Crippen LogP contribution in [0.5, 0.6) is 0 Å². The van der Waals surface area contributed by atoms with Crippen molar-refractivity contribution in [3.05, 3.63) is 167 Å². The molecule has 0 aliphatic heterocycles. The molecule has 1 aliphatic carbocycles. The molecule has 0 fully saturated rings. The van der Waals surface area contributed by atoms with Gasteiger partial charge in [0.25, 0.3) is 0 Å². The molecule has 0 saturated carbocycles. The van der Waals surface area contributed by atoms with Gasteiger partial charge >= 0.3 is 0 Å². The molecule has 0 unspecified atom stereocenters. The van der Waals surface area contributed by atoms with Gasteiger partial charge in [0, 0.05) is 16.3 Å². The summed E-state index contributed by atoms with van der Waals surface area (Å²) in [7, 11) is 0. The second-order valence-corrected chi connectivity index (χ2v) is 15.0. The Morgan fingerprint density at radius 2 is 1.00 bits per heavy atom. The van der Waals surface area contributed by atoms with Crippen LogP contribution in [0.2, 0.25) is 0 Å². The number of para-hydroxylation sites is 2. The van der Waals surface area contributed by atoms with Gasteiger partial charge in [0.1, 0.15) is 11.2 Å². The Kier molecular flexibility index (Phi) is 6.25. The van der Waals surface area contributed by atoms with Crippen LogP contribution >= 0.6 is 0 Å². The predicted molar refractivity (Wildman–Crippen MR) is 194 cm³/mol. The summed E-state index contributed by atoms with van der Waals surface area (Å²) in [6.07, 6.45) is 0. The van der Waals surface area contributed by atoms with E-state index in [1.807, 2.05) is 6.07 Å². The minimum atomic E-state index is -0.460. The van der Waals surface area contributed by atoms with E-state index in [2.05, 4.69) is 169 Å². The van der Waals surface area contributed by atoms with Crippen LogP contribution in [0, 0.1) is 0 Å². The van der Waals surface area contributed by atoms with Gasteiger partial charge in [-0.05, 0) is 67.0 Å². The number of hydrogen-bond donors (Lipinski definition) is 0. The Hall–Kier alpha value is -4.88. The molecule has 0 amide bonds. The van der Waals surface area contributed by atoms with Gasteiger partial charge in [0.2, 0.25) is 0 Å². The first-order valence-corrected chi connectivity index (χ1v) is 16.4. The first-order valence-electron chi connectivity index (χ1n) is 16.4. The third-order valence-corrected chi connectivity index (χ3v) is 10.1. The second-order valence-electron chi connectivity index (χ2n) is 15.0. The van der Waals surface area contributed by atoms with Crippen LogP contribution in [0.1, 0.15) is 74.9 Å². The molecule has 0 spiro atoms. The summed E-state index contributed by atoms with van der Waals surface area (Å²) in [5.74, 6) is 0. The van der Waals surface area contributed by atoms with Crippen molar-refractivity contribution in [2.75, 3.05) is 0 Å². The first kappa shape index (κ1) is 28.6. The molecule has 0 N–H and O–H groups in total. The van der Waals surface area contributed by atoms with Crippen LogP contribution in [-0.4, -0.2) is 0 Å². The van der Waals surface area contributed by atoms with E-state index in [9.17, 15) is 0 Å². The first-order chi connectivity index (χ1) is 22.1. The maximum absolute atomic E-state index is 6.44. The highest BCUT2D eigenvalue weighted by Crippen LogP contribution is 2.57. The Bertz CT molecular complexity index is 2190. The molecule has 1 heterocycles. The number of rotatable bonds is 3. The van der Waals surface area contributed by atoms with Crippen LogP contribution in [0.3, 0.4) is 0 Å². The van der Waals surface area contributed by atoms with Crippen molar-refractivity contribution < 1.29 is 4.42 Å². The molecule has 1 aliphatic rings. The van der Waals surface area contributed by atoms with E-state index in [1.165, 1.54) is 44.5 Å². The van der Waals surface area contributed by atoms with Gasteiger partial charge in [-0.2, -0.15) is 0 Å². The smallest absolute Gasteiger partial charge is 0.143 e. The quantitative estimate of drug-likeness (QED) is 0.198. The van der Waals surface area contributed by atoms with Gasteiger partial charge in [-0.3, -0.25) is 0 Å². The Balaban J connectivity index is 1.41. The number of benzene rings is 6. The van der Waals surface area contributed by atoms with Crippen LogP contribution in [-0.2, 0) is 16.2 Å². The van der Waals surface area contributed by atoms with Gasteiger partial charge in [-0.25, -0.2) is 0 Å². The molecule has 0 radical (unpaired) electrons. The molecule has 226 valence electrons. The van der Waals surface area contributed by atoms with Crippen molar-refractivity contribution in [2.45, 2.75) is 57.8 Å². The van der Waals surface area contributed by atoms with Crippen LogP contribution in [0.15, 0.2) is 138 Å². The summed E-state index contributed by atoms with van der Waals surface area (Å²) >= 11 is 0. The Morgan fingerprint density at radius 3 is 1.61 bits per heavy atom. The van der Waals surface area contributed by atoms with Gasteiger partial charge in [-0.15, -0.1) is 0 Å². The lowest BCUT2D eigenvalue weighted by Gasteiger charge is -2.35. The number of hydrogen-bond acceptors (Lipinski definition) is 1. The maximum atomic E-state index is 6.44. The highest BCUT2D eigenvalue weighted by molar-refractivity contribution is 6.09. The van der Waals surface area contributed by atoms with E-state index in [1.54, 1.807) is 0 Å². The minimum Gasteiger partial charge on any atom is -0.455 e. The average Bonchev–Trinajstić information content (AvgIpc) is 3.58. The van der Waals surface area contributed by atoms with Crippen LogP contribution in [0.4, 0.5) is 0 Å². The third kappa shape index (κ3) is 4.22. The molecule has 7 aromatic rings. The van der Waals surface area contributed by atoms with E-state index in [4.69, 9.17) is 4.42 Å². The summed E-state index contributed by atoms with van der Waals surface area (Å²) in [5.41, 5.74) is 14.4. The fourth-order valence-electron chi connectivity index (χ4n) is 7.61. The predicted octanol–water partition coefficient (Wildman–Crippen LogP) is 12.2. The molecule has 46 heavy (non-hydrogen) atoms. The second kappa shape index (κ2) is 10.1. The van der Waals surface area contributed by atoms with E-state index in [0.717, 1.165) is 33.1 Å². The standard InChI is InChI=1S/C45H40O/c1-43(2,3)32-23-25-35-36-26-24-33(44(4,5)6)28-40(36)45(39(35)27-32,30-13-8-7-9-14-30)31-21-19-29(20-22-31)34-16-12-17-38-37-15-10-11-18-41(37)46-42(34)38/h7-28H,1-6H3. The molecule has 6 aromatic carbocycles. The molecule has 0 bridgehead atoms. The Morgan fingerprint density at radius 1 is 0.457 bits per heavy atom. The van der Waals surface area contributed by atoms with Gasteiger partial charge in [-0.1, -0.05) is 169 Å². The zero-order valence-electron chi connectivity index (χ0n) is 27.6. The molecule has 8 rings (SSSR count). The lowest BCUT2D eigenvalue weighted by molar-refractivity contribution is 0.586. The maximum Gasteiger partial charge on any atom is 0.143 e.